The van der Waals surface area contributed by atoms with E-state index in [0.717, 1.165) is 19.0 Å². The second-order valence-electron chi connectivity index (χ2n) is 5.57. The molecule has 1 aromatic heterocycles. The molecule has 0 saturated heterocycles. The lowest BCUT2D eigenvalue weighted by Crippen LogP contribution is -2.39. The van der Waals surface area contributed by atoms with Crippen molar-refractivity contribution in [2.24, 2.45) is 4.99 Å². The fourth-order valence-corrected chi connectivity index (χ4v) is 2.33. The summed E-state index contributed by atoms with van der Waals surface area (Å²) < 4.78 is 0. The van der Waals surface area contributed by atoms with E-state index in [0.29, 0.717) is 18.7 Å². The van der Waals surface area contributed by atoms with Gasteiger partial charge in [0, 0.05) is 39.1 Å². The Morgan fingerprint density at radius 1 is 1.15 bits per heavy atom. The topological polar surface area (TPSA) is 69.6 Å². The van der Waals surface area contributed by atoms with Crippen LogP contribution in [-0.2, 0) is 6.54 Å². The Kier molecular flexibility index (Phi) is 10.3. The molecule has 0 aliphatic rings. The molecule has 26 heavy (non-hydrogen) atoms. The standard InChI is InChI=1S/C19H25N5O.HI/c1-3-21-19(24(2)15-16-8-5-4-6-9-16)23-13-12-22-18(25)17-10-7-11-20-14-17;/h4-11,14H,3,12-13,15H2,1-2H3,(H,21,23)(H,22,25);1H. The van der Waals surface area contributed by atoms with Crippen molar-refractivity contribution in [1.29, 1.82) is 0 Å². The van der Waals surface area contributed by atoms with E-state index in [1.165, 1.54) is 5.56 Å². The van der Waals surface area contributed by atoms with E-state index >= 15 is 0 Å². The van der Waals surface area contributed by atoms with Crippen LogP contribution < -0.4 is 10.6 Å². The van der Waals surface area contributed by atoms with E-state index in [1.807, 2.05) is 32.2 Å². The van der Waals surface area contributed by atoms with Crippen LogP contribution in [0.1, 0.15) is 22.8 Å². The second-order valence-corrected chi connectivity index (χ2v) is 5.57. The van der Waals surface area contributed by atoms with Crippen molar-refractivity contribution < 1.29 is 4.79 Å². The van der Waals surface area contributed by atoms with Gasteiger partial charge in [-0.3, -0.25) is 14.8 Å². The Morgan fingerprint density at radius 3 is 2.58 bits per heavy atom. The number of amides is 1. The molecule has 0 fully saturated rings. The van der Waals surface area contributed by atoms with Crippen molar-refractivity contribution in [3.63, 3.8) is 0 Å². The van der Waals surface area contributed by atoms with Gasteiger partial charge in [0.25, 0.3) is 5.91 Å². The number of halogens is 1. The molecule has 6 nitrogen and oxygen atoms in total. The number of rotatable bonds is 7. The van der Waals surface area contributed by atoms with Gasteiger partial charge in [-0.1, -0.05) is 30.3 Å². The smallest absolute Gasteiger partial charge is 0.252 e. The normalized spacial score (nSPS) is 10.6. The second kappa shape index (κ2) is 12.2. The molecular formula is C19H26IN5O. The molecule has 2 aromatic rings. The molecule has 0 bridgehead atoms. The monoisotopic (exact) mass is 467 g/mol. The first-order valence-corrected chi connectivity index (χ1v) is 8.42. The minimum absolute atomic E-state index is 0. The highest BCUT2D eigenvalue weighted by molar-refractivity contribution is 14.0. The Morgan fingerprint density at radius 2 is 1.92 bits per heavy atom. The Labute approximate surface area is 172 Å². The summed E-state index contributed by atoms with van der Waals surface area (Å²) in [4.78, 5) is 22.6. The highest BCUT2D eigenvalue weighted by atomic mass is 127. The first-order valence-electron chi connectivity index (χ1n) is 8.42. The van der Waals surface area contributed by atoms with Crippen LogP contribution >= 0.6 is 24.0 Å². The number of guanidine groups is 1. The molecule has 0 aliphatic carbocycles. The predicted octanol–water partition coefficient (Wildman–Crippen LogP) is 2.53. The average molecular weight is 467 g/mol. The van der Waals surface area contributed by atoms with Crippen LogP contribution in [0.2, 0.25) is 0 Å². The molecule has 1 amide bonds. The van der Waals surface area contributed by atoms with Gasteiger partial charge in [0.1, 0.15) is 0 Å². The van der Waals surface area contributed by atoms with Crippen molar-refractivity contribution in [3.8, 4) is 0 Å². The molecule has 7 heteroatoms. The zero-order chi connectivity index (χ0) is 17.9. The minimum Gasteiger partial charge on any atom is -0.357 e. The Hall–Kier alpha value is -2.16. The molecule has 1 heterocycles. The molecule has 0 spiro atoms. The number of carbonyl (C=O) groups is 1. The number of nitrogens with zero attached hydrogens (tertiary/aromatic N) is 3. The van der Waals surface area contributed by atoms with Gasteiger partial charge in [-0.25, -0.2) is 0 Å². The third kappa shape index (κ3) is 7.38. The lowest BCUT2D eigenvalue weighted by Gasteiger charge is -2.22. The molecule has 140 valence electrons. The minimum atomic E-state index is -0.133. The summed E-state index contributed by atoms with van der Waals surface area (Å²) >= 11 is 0. The van der Waals surface area contributed by atoms with Gasteiger partial charge in [-0.2, -0.15) is 0 Å². The van der Waals surface area contributed by atoms with E-state index < -0.39 is 0 Å². The van der Waals surface area contributed by atoms with Crippen LogP contribution in [0.5, 0.6) is 0 Å². The van der Waals surface area contributed by atoms with Gasteiger partial charge >= 0.3 is 0 Å². The van der Waals surface area contributed by atoms with Crippen molar-refractivity contribution in [3.05, 3.63) is 66.0 Å². The zero-order valence-corrected chi connectivity index (χ0v) is 17.5. The number of hydrogen-bond donors (Lipinski definition) is 2. The first kappa shape index (κ1) is 21.9. The van der Waals surface area contributed by atoms with Gasteiger partial charge in [0.15, 0.2) is 5.96 Å². The summed E-state index contributed by atoms with van der Waals surface area (Å²) in [5.74, 6) is 0.688. The quantitative estimate of drug-likeness (QED) is 0.284. The van der Waals surface area contributed by atoms with Gasteiger partial charge in [-0.15, -0.1) is 24.0 Å². The van der Waals surface area contributed by atoms with Gasteiger partial charge < -0.3 is 15.5 Å². The van der Waals surface area contributed by atoms with Crippen LogP contribution in [0.3, 0.4) is 0 Å². The number of hydrogen-bond acceptors (Lipinski definition) is 3. The third-order valence-corrected chi connectivity index (χ3v) is 3.54. The number of carbonyl (C=O) groups excluding carboxylic acids is 1. The molecule has 2 N–H and O–H groups in total. The maximum Gasteiger partial charge on any atom is 0.252 e. The maximum atomic E-state index is 12.0. The van der Waals surface area contributed by atoms with Crippen LogP contribution in [-0.4, -0.2) is 48.4 Å². The lowest BCUT2D eigenvalue weighted by molar-refractivity contribution is 0.0954. The highest BCUT2D eigenvalue weighted by Gasteiger charge is 2.07. The lowest BCUT2D eigenvalue weighted by atomic mass is 10.2. The van der Waals surface area contributed by atoms with E-state index in [4.69, 9.17) is 0 Å². The Bertz CT molecular complexity index is 679. The van der Waals surface area contributed by atoms with E-state index in [2.05, 4.69) is 37.6 Å². The molecule has 0 saturated carbocycles. The zero-order valence-electron chi connectivity index (χ0n) is 15.2. The summed E-state index contributed by atoms with van der Waals surface area (Å²) in [6, 6.07) is 13.7. The summed E-state index contributed by atoms with van der Waals surface area (Å²) in [6.45, 7) is 4.58. The summed E-state index contributed by atoms with van der Waals surface area (Å²) in [6.07, 6.45) is 3.20. The fourth-order valence-electron chi connectivity index (χ4n) is 2.33. The summed E-state index contributed by atoms with van der Waals surface area (Å²) in [5.41, 5.74) is 1.78. The molecule has 0 unspecified atom stereocenters. The summed E-state index contributed by atoms with van der Waals surface area (Å²) in [7, 11) is 2.00. The van der Waals surface area contributed by atoms with Crippen molar-refractivity contribution in [1.82, 2.24) is 20.5 Å². The van der Waals surface area contributed by atoms with Gasteiger partial charge in [0.2, 0.25) is 0 Å². The number of aromatic nitrogens is 1. The number of nitrogens with one attached hydrogen (secondary N) is 2. The van der Waals surface area contributed by atoms with Gasteiger partial charge in [0.05, 0.1) is 12.1 Å². The molecular weight excluding hydrogens is 441 g/mol. The molecule has 2 rings (SSSR count). The van der Waals surface area contributed by atoms with E-state index in [1.54, 1.807) is 24.5 Å². The SMILES string of the molecule is CCNC(=NCCNC(=O)c1cccnc1)N(C)Cc1ccccc1.I. The first-order chi connectivity index (χ1) is 12.2. The largest absolute Gasteiger partial charge is 0.357 e. The van der Waals surface area contributed by atoms with Crippen molar-refractivity contribution in [2.45, 2.75) is 13.5 Å². The van der Waals surface area contributed by atoms with Gasteiger partial charge in [-0.05, 0) is 24.6 Å². The molecule has 1 aromatic carbocycles. The van der Waals surface area contributed by atoms with E-state index in [-0.39, 0.29) is 29.9 Å². The van der Waals surface area contributed by atoms with Crippen LogP contribution in [0, 0.1) is 0 Å². The number of benzene rings is 1. The average Bonchev–Trinajstić information content (AvgIpc) is 2.65. The maximum absolute atomic E-state index is 12.0. The number of aliphatic imine (C=N–C) groups is 1. The van der Waals surface area contributed by atoms with Crippen molar-refractivity contribution in [2.75, 3.05) is 26.7 Å². The predicted molar refractivity (Wildman–Crippen MR) is 116 cm³/mol. The highest BCUT2D eigenvalue weighted by Crippen LogP contribution is 2.02. The third-order valence-electron chi connectivity index (χ3n) is 3.54. The van der Waals surface area contributed by atoms with Crippen molar-refractivity contribution >= 4 is 35.8 Å². The number of pyridine rings is 1. The van der Waals surface area contributed by atoms with Crippen LogP contribution in [0.25, 0.3) is 0 Å². The fraction of sp³-hybridized carbons (Fsp3) is 0.316. The molecule has 0 radical (unpaired) electrons. The Balaban J connectivity index is 0.00000338. The van der Waals surface area contributed by atoms with Crippen LogP contribution in [0.15, 0.2) is 59.9 Å². The van der Waals surface area contributed by atoms with Crippen LogP contribution in [0.4, 0.5) is 0 Å². The van der Waals surface area contributed by atoms with E-state index in [9.17, 15) is 4.79 Å². The molecule has 0 atom stereocenters. The molecule has 0 aliphatic heterocycles. The summed E-state index contributed by atoms with van der Waals surface area (Å²) in [5, 5.41) is 6.13.